The third-order valence-electron chi connectivity index (χ3n) is 3.98. The van der Waals surface area contributed by atoms with Gasteiger partial charge in [0.25, 0.3) is 5.91 Å². The van der Waals surface area contributed by atoms with Crippen LogP contribution in [-0.4, -0.2) is 25.6 Å². The van der Waals surface area contributed by atoms with E-state index < -0.39 is 21.2 Å². The number of carbonyl (C=O) groups is 1. The zero-order valence-electron chi connectivity index (χ0n) is 14.5. The lowest BCUT2D eigenvalue weighted by atomic mass is 10.2. The van der Waals surface area contributed by atoms with E-state index in [4.69, 9.17) is 27.6 Å². The van der Waals surface area contributed by atoms with E-state index in [0.717, 1.165) is 23.7 Å². The minimum Gasteiger partial charge on any atom is -0.449 e. The Balaban J connectivity index is 1.70. The predicted molar refractivity (Wildman–Crippen MR) is 113 cm³/mol. The van der Waals surface area contributed by atoms with Crippen LogP contribution in [-0.2, 0) is 9.84 Å². The summed E-state index contributed by atoms with van der Waals surface area (Å²) in [6, 6.07) is 8.33. The number of fused-ring (bicyclic) bond motifs is 2. The Kier molecular flexibility index (Phi) is 4.86. The standard InChI is InChI=1S/C18H10Cl2N2O5S2/c1-29(25,26)9-2-3-12-15(6-9)28-18(21-12)22-17(24)14-7-13(23)10-4-8(19)5-11(20)16(10)27-14/h2-7H,1H3,(H,21,22,24). The number of nitrogens with zero attached hydrogens (tertiary/aromatic N) is 1. The number of nitrogens with one attached hydrogen (secondary N) is 1. The molecular weight excluding hydrogens is 459 g/mol. The number of aromatic nitrogens is 1. The molecule has 11 heteroatoms. The van der Waals surface area contributed by atoms with E-state index in [1.807, 2.05) is 0 Å². The smallest absolute Gasteiger partial charge is 0.293 e. The maximum atomic E-state index is 12.5. The van der Waals surface area contributed by atoms with E-state index in [0.29, 0.717) is 10.2 Å². The molecule has 0 radical (unpaired) electrons. The van der Waals surface area contributed by atoms with Gasteiger partial charge < -0.3 is 4.42 Å². The summed E-state index contributed by atoms with van der Waals surface area (Å²) in [7, 11) is -3.36. The van der Waals surface area contributed by atoms with E-state index in [2.05, 4.69) is 10.3 Å². The summed E-state index contributed by atoms with van der Waals surface area (Å²) < 4.78 is 29.5. The summed E-state index contributed by atoms with van der Waals surface area (Å²) >= 11 is 13.1. The van der Waals surface area contributed by atoms with Gasteiger partial charge in [0.05, 0.1) is 25.5 Å². The van der Waals surface area contributed by atoms with Crippen LogP contribution in [0.3, 0.4) is 0 Å². The van der Waals surface area contributed by atoms with Crippen LogP contribution in [0.2, 0.25) is 10.0 Å². The fraction of sp³-hybridized carbons (Fsp3) is 0.0556. The Morgan fingerprint density at radius 1 is 1.17 bits per heavy atom. The lowest BCUT2D eigenvalue weighted by Gasteiger charge is -2.04. The number of hydrogen-bond donors (Lipinski definition) is 1. The Bertz CT molecular complexity index is 1480. The molecule has 0 aliphatic carbocycles. The van der Waals surface area contributed by atoms with Crippen LogP contribution < -0.4 is 10.7 Å². The van der Waals surface area contributed by atoms with Gasteiger partial charge in [-0.3, -0.25) is 14.9 Å². The second-order valence-corrected chi connectivity index (χ2v) is 10.0. The van der Waals surface area contributed by atoms with Gasteiger partial charge in [-0.1, -0.05) is 34.5 Å². The Morgan fingerprint density at radius 3 is 2.66 bits per heavy atom. The number of amides is 1. The maximum Gasteiger partial charge on any atom is 0.293 e. The highest BCUT2D eigenvalue weighted by Crippen LogP contribution is 2.29. The van der Waals surface area contributed by atoms with Gasteiger partial charge in [0.1, 0.15) is 0 Å². The van der Waals surface area contributed by atoms with Gasteiger partial charge >= 0.3 is 0 Å². The van der Waals surface area contributed by atoms with Crippen LogP contribution >= 0.6 is 34.5 Å². The van der Waals surface area contributed by atoms with Crippen LogP contribution in [0, 0.1) is 0 Å². The molecule has 0 saturated carbocycles. The predicted octanol–water partition coefficient (Wildman–Crippen LogP) is 4.37. The van der Waals surface area contributed by atoms with Crippen LogP contribution in [0.1, 0.15) is 10.6 Å². The molecule has 0 aliphatic heterocycles. The number of anilines is 1. The quantitative estimate of drug-likeness (QED) is 0.478. The highest BCUT2D eigenvalue weighted by molar-refractivity contribution is 7.90. The third-order valence-corrected chi connectivity index (χ3v) is 6.52. The Hall–Kier alpha value is -2.46. The van der Waals surface area contributed by atoms with Crippen molar-refractivity contribution in [2.75, 3.05) is 11.6 Å². The molecule has 148 valence electrons. The van der Waals surface area contributed by atoms with E-state index >= 15 is 0 Å². The molecule has 7 nitrogen and oxygen atoms in total. The summed E-state index contributed by atoms with van der Waals surface area (Å²) in [5.41, 5.74) is 0.106. The maximum absolute atomic E-state index is 12.5. The van der Waals surface area contributed by atoms with Crippen LogP contribution in [0.25, 0.3) is 21.2 Å². The molecule has 2 heterocycles. The molecule has 1 amide bonds. The molecular formula is C18H10Cl2N2O5S2. The van der Waals surface area contributed by atoms with Crippen molar-refractivity contribution in [3.63, 3.8) is 0 Å². The van der Waals surface area contributed by atoms with Gasteiger partial charge in [-0.15, -0.1) is 0 Å². The molecule has 0 bridgehead atoms. The van der Waals surface area contributed by atoms with Crippen molar-refractivity contribution < 1.29 is 17.6 Å². The zero-order valence-corrected chi connectivity index (χ0v) is 17.7. The number of rotatable bonds is 3. The molecule has 4 rings (SSSR count). The van der Waals surface area contributed by atoms with Crippen LogP contribution in [0.15, 0.2) is 50.5 Å². The Morgan fingerprint density at radius 2 is 1.93 bits per heavy atom. The average Bonchev–Trinajstić information content (AvgIpc) is 3.03. The summed E-state index contributed by atoms with van der Waals surface area (Å²) in [6.45, 7) is 0. The van der Waals surface area contributed by atoms with Crippen LogP contribution in [0.5, 0.6) is 0 Å². The SMILES string of the molecule is CS(=O)(=O)c1ccc2nc(NC(=O)c3cc(=O)c4cc(Cl)cc(Cl)c4o3)sc2c1. The summed E-state index contributed by atoms with van der Waals surface area (Å²) in [5.74, 6) is -0.944. The van der Waals surface area contributed by atoms with Gasteiger partial charge in [0.2, 0.25) is 0 Å². The minimum absolute atomic E-state index is 0.0517. The molecule has 0 spiro atoms. The van der Waals surface area contributed by atoms with Crippen molar-refractivity contribution in [2.24, 2.45) is 0 Å². The lowest BCUT2D eigenvalue weighted by molar-refractivity contribution is 0.0997. The molecule has 0 fully saturated rings. The number of hydrogen-bond acceptors (Lipinski definition) is 7. The minimum atomic E-state index is -3.36. The normalized spacial score (nSPS) is 11.8. The van der Waals surface area contributed by atoms with Crippen molar-refractivity contribution in [3.8, 4) is 0 Å². The van der Waals surface area contributed by atoms with Crippen molar-refractivity contribution >= 4 is 76.6 Å². The molecule has 0 aliphatic rings. The summed E-state index contributed by atoms with van der Waals surface area (Å²) in [5, 5.41) is 3.31. The monoisotopic (exact) mass is 468 g/mol. The van der Waals surface area contributed by atoms with E-state index in [1.165, 1.54) is 24.3 Å². The van der Waals surface area contributed by atoms with Crippen molar-refractivity contribution in [1.29, 1.82) is 0 Å². The number of carbonyl (C=O) groups excluding carboxylic acids is 1. The van der Waals surface area contributed by atoms with Gasteiger partial charge in [-0.25, -0.2) is 13.4 Å². The van der Waals surface area contributed by atoms with E-state index in [-0.39, 0.29) is 36.8 Å². The highest BCUT2D eigenvalue weighted by atomic mass is 35.5. The van der Waals surface area contributed by atoms with Gasteiger partial charge in [0.15, 0.2) is 31.7 Å². The molecule has 1 N–H and O–H groups in total. The fourth-order valence-electron chi connectivity index (χ4n) is 2.64. The number of halogens is 2. The molecule has 0 atom stereocenters. The second-order valence-electron chi connectivity index (χ2n) is 6.11. The second kappa shape index (κ2) is 7.10. The molecule has 2 aromatic heterocycles. The number of thiazole rings is 1. The largest absolute Gasteiger partial charge is 0.449 e. The Labute approximate surface area is 177 Å². The molecule has 29 heavy (non-hydrogen) atoms. The fourth-order valence-corrected chi connectivity index (χ4v) is 4.80. The molecule has 0 unspecified atom stereocenters. The highest BCUT2D eigenvalue weighted by Gasteiger charge is 2.17. The first-order chi connectivity index (χ1) is 13.6. The first-order valence-corrected chi connectivity index (χ1v) is 11.4. The first kappa shape index (κ1) is 19.8. The molecule has 0 saturated heterocycles. The summed E-state index contributed by atoms with van der Waals surface area (Å²) in [4.78, 5) is 29.3. The van der Waals surface area contributed by atoms with E-state index in [9.17, 15) is 18.0 Å². The van der Waals surface area contributed by atoms with E-state index in [1.54, 1.807) is 6.07 Å². The number of benzene rings is 2. The van der Waals surface area contributed by atoms with Crippen molar-refractivity contribution in [2.45, 2.75) is 4.90 Å². The lowest BCUT2D eigenvalue weighted by Crippen LogP contribution is -2.14. The molecule has 4 aromatic rings. The zero-order chi connectivity index (χ0) is 20.9. The van der Waals surface area contributed by atoms with Crippen molar-refractivity contribution in [3.05, 3.63) is 62.4 Å². The number of sulfone groups is 1. The van der Waals surface area contributed by atoms with Gasteiger partial charge in [-0.2, -0.15) is 0 Å². The van der Waals surface area contributed by atoms with Crippen molar-refractivity contribution in [1.82, 2.24) is 4.98 Å². The van der Waals surface area contributed by atoms with Gasteiger partial charge in [0, 0.05) is 17.3 Å². The topological polar surface area (TPSA) is 106 Å². The van der Waals surface area contributed by atoms with Gasteiger partial charge in [-0.05, 0) is 30.3 Å². The molecule has 2 aromatic carbocycles. The first-order valence-electron chi connectivity index (χ1n) is 7.97. The summed E-state index contributed by atoms with van der Waals surface area (Å²) in [6.07, 6.45) is 1.11. The van der Waals surface area contributed by atoms with Crippen LogP contribution in [0.4, 0.5) is 5.13 Å². The third kappa shape index (κ3) is 3.86. The average molecular weight is 469 g/mol.